The highest BCUT2D eigenvalue weighted by Gasteiger charge is 2.33. The fraction of sp³-hybridized carbons (Fsp3) is 0.474. The summed E-state index contributed by atoms with van der Waals surface area (Å²) in [6.07, 6.45) is -1.23. The first-order chi connectivity index (χ1) is 14.2. The molecule has 160 valence electrons. The fourth-order valence-corrected chi connectivity index (χ4v) is 3.75. The van der Waals surface area contributed by atoms with Crippen molar-refractivity contribution in [2.45, 2.75) is 32.0 Å². The van der Waals surface area contributed by atoms with Gasteiger partial charge in [0.15, 0.2) is 0 Å². The summed E-state index contributed by atoms with van der Waals surface area (Å²) in [6.45, 7) is 1.46. The second kappa shape index (κ2) is 7.62. The van der Waals surface area contributed by atoms with Crippen molar-refractivity contribution >= 4 is 33.8 Å². The summed E-state index contributed by atoms with van der Waals surface area (Å²) in [7, 11) is 1.08. The van der Waals surface area contributed by atoms with Crippen molar-refractivity contribution in [3.8, 4) is 0 Å². The summed E-state index contributed by atoms with van der Waals surface area (Å²) in [5, 5.41) is 1.72. The number of aromatic amines is 1. The number of amides is 1. The molecule has 1 saturated heterocycles. The molecule has 1 N–H and O–H groups in total. The Hall–Kier alpha value is -3.11. The van der Waals surface area contributed by atoms with Crippen molar-refractivity contribution in [1.29, 1.82) is 0 Å². The van der Waals surface area contributed by atoms with Crippen LogP contribution in [0.2, 0.25) is 0 Å². The van der Waals surface area contributed by atoms with E-state index in [0.29, 0.717) is 53.6 Å². The number of rotatable bonds is 3. The van der Waals surface area contributed by atoms with Crippen LogP contribution in [0, 0.1) is 6.92 Å². The number of hydrogen-bond donors (Lipinski definition) is 1. The summed E-state index contributed by atoms with van der Waals surface area (Å²) in [5.41, 5.74) is 1.42. The number of alkyl halides is 3. The Morgan fingerprint density at radius 2 is 2.20 bits per heavy atom. The molecule has 4 rings (SSSR count). The van der Waals surface area contributed by atoms with Gasteiger partial charge in [-0.1, -0.05) is 0 Å². The molecule has 0 radical (unpaired) electrons. The molecule has 11 heteroatoms. The second-order valence-corrected chi connectivity index (χ2v) is 7.42. The number of nitrogens with one attached hydrogen (secondary N) is 1. The standard InChI is InChI=1S/C19H21F3N6O2/c1-11-25-14-8-24-16-13(5-6-23-16)15(14)17(26-11)28-7-3-4-12(9-28)30-18(29)27(2)10-19(20,21)22/h5-6,8,12H,3-4,7,9-10H2,1-2H3,(H,23,24). The summed E-state index contributed by atoms with van der Waals surface area (Å²) in [4.78, 5) is 31.2. The molecular formula is C19H21F3N6O2. The van der Waals surface area contributed by atoms with Gasteiger partial charge in [-0.2, -0.15) is 13.2 Å². The number of nitrogens with zero attached hydrogens (tertiary/aromatic N) is 5. The summed E-state index contributed by atoms with van der Waals surface area (Å²) in [5.74, 6) is 1.28. The third-order valence-electron chi connectivity index (χ3n) is 5.01. The molecule has 1 amide bonds. The normalized spacial score (nSPS) is 17.5. The van der Waals surface area contributed by atoms with Gasteiger partial charge in [0, 0.05) is 25.2 Å². The van der Waals surface area contributed by atoms with E-state index < -0.39 is 24.9 Å². The maximum absolute atomic E-state index is 12.5. The number of ether oxygens (including phenoxy) is 1. The van der Waals surface area contributed by atoms with Crippen LogP contribution in [0.3, 0.4) is 0 Å². The van der Waals surface area contributed by atoms with Crippen molar-refractivity contribution in [1.82, 2.24) is 24.8 Å². The lowest BCUT2D eigenvalue weighted by atomic mass is 10.1. The Labute approximate surface area is 170 Å². The molecule has 8 nitrogen and oxygen atoms in total. The van der Waals surface area contributed by atoms with Crippen LogP contribution in [0.5, 0.6) is 0 Å². The smallest absolute Gasteiger partial charge is 0.410 e. The lowest BCUT2D eigenvalue weighted by Gasteiger charge is -2.34. The molecule has 1 atom stereocenters. The Morgan fingerprint density at radius 1 is 1.40 bits per heavy atom. The Balaban J connectivity index is 1.58. The van der Waals surface area contributed by atoms with E-state index in [4.69, 9.17) is 4.74 Å². The quantitative estimate of drug-likeness (QED) is 0.696. The maximum atomic E-state index is 12.5. The van der Waals surface area contributed by atoms with E-state index in [1.54, 1.807) is 19.3 Å². The van der Waals surface area contributed by atoms with Gasteiger partial charge in [-0.25, -0.2) is 19.7 Å². The molecule has 0 aliphatic carbocycles. The molecule has 1 aliphatic heterocycles. The molecule has 1 unspecified atom stereocenters. The van der Waals surface area contributed by atoms with Crippen LogP contribution >= 0.6 is 0 Å². The van der Waals surface area contributed by atoms with Crippen molar-refractivity contribution in [2.75, 3.05) is 31.6 Å². The van der Waals surface area contributed by atoms with Crippen molar-refractivity contribution < 1.29 is 22.7 Å². The van der Waals surface area contributed by atoms with E-state index in [-0.39, 0.29) is 0 Å². The molecule has 0 aromatic carbocycles. The molecule has 3 aromatic heterocycles. The van der Waals surface area contributed by atoms with Gasteiger partial charge in [-0.3, -0.25) is 0 Å². The molecule has 0 spiro atoms. The SMILES string of the molecule is Cc1nc(N2CCCC(OC(=O)N(C)CC(F)(F)F)C2)c2c(cnc3[nH]ccc32)n1. The molecular weight excluding hydrogens is 401 g/mol. The third-order valence-corrected chi connectivity index (χ3v) is 5.01. The number of aryl methyl sites for hydroxylation is 1. The number of halogens is 3. The number of anilines is 1. The Kier molecular flexibility index (Phi) is 5.12. The Morgan fingerprint density at radius 3 is 2.97 bits per heavy atom. The molecule has 4 heterocycles. The van der Waals surface area contributed by atoms with Crippen LogP contribution in [-0.4, -0.2) is 69.9 Å². The minimum Gasteiger partial charge on any atom is -0.444 e. The zero-order valence-electron chi connectivity index (χ0n) is 16.5. The van der Waals surface area contributed by atoms with E-state index in [0.717, 1.165) is 17.8 Å². The van der Waals surface area contributed by atoms with Crippen LogP contribution in [-0.2, 0) is 4.74 Å². The molecule has 0 bridgehead atoms. The highest BCUT2D eigenvalue weighted by Crippen LogP contribution is 2.32. The predicted octanol–water partition coefficient (Wildman–Crippen LogP) is 3.41. The van der Waals surface area contributed by atoms with Gasteiger partial charge < -0.3 is 19.5 Å². The number of piperidine rings is 1. The van der Waals surface area contributed by atoms with Crippen LogP contribution in [0.15, 0.2) is 18.5 Å². The molecule has 1 fully saturated rings. The molecule has 0 saturated carbocycles. The van der Waals surface area contributed by atoms with Crippen LogP contribution in [0.25, 0.3) is 21.9 Å². The monoisotopic (exact) mass is 422 g/mol. The Bertz CT molecular complexity index is 1080. The number of aromatic nitrogens is 4. The van der Waals surface area contributed by atoms with Crippen molar-refractivity contribution in [3.05, 3.63) is 24.3 Å². The minimum atomic E-state index is -4.47. The van der Waals surface area contributed by atoms with E-state index >= 15 is 0 Å². The van der Waals surface area contributed by atoms with Crippen LogP contribution in [0.4, 0.5) is 23.8 Å². The van der Waals surface area contributed by atoms with Gasteiger partial charge in [0.05, 0.1) is 23.6 Å². The third kappa shape index (κ3) is 4.10. The second-order valence-electron chi connectivity index (χ2n) is 7.42. The van der Waals surface area contributed by atoms with Crippen molar-refractivity contribution in [2.24, 2.45) is 0 Å². The van der Waals surface area contributed by atoms with E-state index in [1.165, 1.54) is 0 Å². The van der Waals surface area contributed by atoms with Gasteiger partial charge in [0.25, 0.3) is 0 Å². The summed E-state index contributed by atoms with van der Waals surface area (Å²) in [6, 6.07) is 1.90. The largest absolute Gasteiger partial charge is 0.444 e. The molecule has 3 aromatic rings. The average Bonchev–Trinajstić information content (AvgIpc) is 3.15. The highest BCUT2D eigenvalue weighted by molar-refractivity contribution is 6.09. The number of H-pyrrole nitrogens is 1. The number of carbonyl (C=O) groups is 1. The zero-order valence-corrected chi connectivity index (χ0v) is 16.5. The van der Waals surface area contributed by atoms with Crippen LogP contribution in [0.1, 0.15) is 18.7 Å². The number of hydrogen-bond acceptors (Lipinski definition) is 6. The first-order valence-corrected chi connectivity index (χ1v) is 9.55. The van der Waals surface area contributed by atoms with Gasteiger partial charge in [0.1, 0.15) is 29.9 Å². The first kappa shape index (κ1) is 20.2. The minimum absolute atomic E-state index is 0.339. The number of pyridine rings is 1. The average molecular weight is 422 g/mol. The van der Waals surface area contributed by atoms with Crippen LogP contribution < -0.4 is 4.90 Å². The number of carbonyl (C=O) groups excluding carboxylic acids is 1. The lowest BCUT2D eigenvalue weighted by Crippen LogP contribution is -2.44. The summed E-state index contributed by atoms with van der Waals surface area (Å²) < 4.78 is 43.0. The van der Waals surface area contributed by atoms with E-state index in [9.17, 15) is 18.0 Å². The van der Waals surface area contributed by atoms with Crippen molar-refractivity contribution in [3.63, 3.8) is 0 Å². The molecule has 30 heavy (non-hydrogen) atoms. The van der Waals surface area contributed by atoms with Gasteiger partial charge >= 0.3 is 12.3 Å². The summed E-state index contributed by atoms with van der Waals surface area (Å²) >= 11 is 0. The topological polar surface area (TPSA) is 87.2 Å². The maximum Gasteiger partial charge on any atom is 0.410 e. The first-order valence-electron chi connectivity index (χ1n) is 9.55. The highest BCUT2D eigenvalue weighted by atomic mass is 19.4. The zero-order chi connectivity index (χ0) is 21.5. The van der Waals surface area contributed by atoms with Gasteiger partial charge in [-0.15, -0.1) is 0 Å². The van der Waals surface area contributed by atoms with E-state index in [2.05, 4.69) is 19.9 Å². The van der Waals surface area contributed by atoms with Gasteiger partial charge in [-0.05, 0) is 25.8 Å². The molecule has 1 aliphatic rings. The lowest BCUT2D eigenvalue weighted by molar-refractivity contribution is -0.140. The van der Waals surface area contributed by atoms with E-state index in [1.807, 2.05) is 11.0 Å². The number of fused-ring (bicyclic) bond motifs is 3. The van der Waals surface area contributed by atoms with Gasteiger partial charge in [0.2, 0.25) is 0 Å². The fourth-order valence-electron chi connectivity index (χ4n) is 3.75. The predicted molar refractivity (Wildman–Crippen MR) is 104 cm³/mol.